The molecule has 3 rings (SSSR count). The second-order valence-electron chi connectivity index (χ2n) is 6.97. The summed E-state index contributed by atoms with van der Waals surface area (Å²) in [4.78, 5) is 11.9. The van der Waals surface area contributed by atoms with Crippen LogP contribution < -0.4 is 14.4 Å². The number of rotatable bonds is 8. The van der Waals surface area contributed by atoms with Crippen LogP contribution in [0.4, 0.5) is 5.69 Å². The zero-order valence-corrected chi connectivity index (χ0v) is 18.9. The van der Waals surface area contributed by atoms with Crippen molar-refractivity contribution >= 4 is 31.6 Å². The monoisotopic (exact) mass is 467 g/mol. The second-order valence-corrected chi connectivity index (χ2v) is 10.8. The Morgan fingerprint density at radius 3 is 2.23 bits per heavy atom. The van der Waals surface area contributed by atoms with Gasteiger partial charge in [0, 0.05) is 26.2 Å². The molecule has 0 atom stereocenters. The van der Waals surface area contributed by atoms with Crippen LogP contribution >= 0.6 is 0 Å². The summed E-state index contributed by atoms with van der Waals surface area (Å²) in [5, 5.41) is 2.42. The van der Waals surface area contributed by atoms with E-state index in [0.717, 1.165) is 17.1 Å². The van der Waals surface area contributed by atoms with Crippen LogP contribution in [0.3, 0.4) is 0 Å². The van der Waals surface area contributed by atoms with E-state index in [0.29, 0.717) is 18.8 Å². The van der Waals surface area contributed by atoms with Crippen molar-refractivity contribution in [3.05, 3.63) is 48.5 Å². The van der Waals surface area contributed by atoms with Crippen LogP contribution in [-0.2, 0) is 24.8 Å². The minimum absolute atomic E-state index is 0.0348. The van der Waals surface area contributed by atoms with E-state index in [1.165, 1.54) is 48.8 Å². The molecule has 0 aromatic heterocycles. The third-order valence-electron chi connectivity index (χ3n) is 5.02. The Kier molecular flexibility index (Phi) is 6.87. The van der Waals surface area contributed by atoms with E-state index in [-0.39, 0.29) is 15.5 Å². The first-order valence-electron chi connectivity index (χ1n) is 9.68. The minimum atomic E-state index is -4.16. The molecule has 0 saturated carbocycles. The van der Waals surface area contributed by atoms with E-state index in [1.807, 2.05) is 0 Å². The highest BCUT2D eigenvalue weighted by atomic mass is 32.2. The van der Waals surface area contributed by atoms with Gasteiger partial charge in [-0.2, -0.15) is 4.31 Å². The quantitative estimate of drug-likeness (QED) is 0.628. The normalized spacial score (nSPS) is 14.9. The summed E-state index contributed by atoms with van der Waals surface area (Å²) in [6.07, 6.45) is 1.61. The van der Waals surface area contributed by atoms with Crippen LogP contribution in [0.5, 0.6) is 5.75 Å². The fourth-order valence-electron chi connectivity index (χ4n) is 3.28. The highest BCUT2D eigenvalue weighted by Crippen LogP contribution is 2.28. The first-order valence-corrected chi connectivity index (χ1v) is 12.6. The van der Waals surface area contributed by atoms with Gasteiger partial charge in [0.1, 0.15) is 12.3 Å². The van der Waals surface area contributed by atoms with E-state index in [2.05, 4.69) is 5.32 Å². The first kappa shape index (κ1) is 23.0. The molecule has 9 nitrogen and oxygen atoms in total. The van der Waals surface area contributed by atoms with E-state index < -0.39 is 32.5 Å². The van der Waals surface area contributed by atoms with Crippen molar-refractivity contribution in [2.75, 3.05) is 38.1 Å². The summed E-state index contributed by atoms with van der Waals surface area (Å²) in [6.45, 7) is 0.468. The molecule has 1 fully saturated rings. The van der Waals surface area contributed by atoms with E-state index in [9.17, 15) is 21.6 Å². The summed E-state index contributed by atoms with van der Waals surface area (Å²) in [5.74, 6) is -0.0683. The van der Waals surface area contributed by atoms with Gasteiger partial charge in [0.15, 0.2) is 0 Å². The summed E-state index contributed by atoms with van der Waals surface area (Å²) >= 11 is 0. The maximum atomic E-state index is 13.3. The standard InChI is InChI=1S/C20H25N3O6S2/c1-21-20(24)15-23(16-6-5-7-17(14-16)29-2)31(27,28)19-10-8-18(9-11-19)30(25,26)22-12-3-4-13-22/h5-11,14H,3-4,12-13,15H2,1-2H3,(H,21,24). The zero-order valence-electron chi connectivity index (χ0n) is 17.3. The average molecular weight is 468 g/mol. The number of likely N-dealkylation sites (N-methyl/N-ethyl adjacent to an activating group) is 1. The van der Waals surface area contributed by atoms with Crippen molar-refractivity contribution in [2.24, 2.45) is 0 Å². The van der Waals surface area contributed by atoms with Crippen LogP contribution in [0.15, 0.2) is 58.3 Å². The van der Waals surface area contributed by atoms with Crippen molar-refractivity contribution in [2.45, 2.75) is 22.6 Å². The summed E-state index contributed by atoms with van der Waals surface area (Å²) in [5.41, 5.74) is 0.247. The summed E-state index contributed by atoms with van der Waals surface area (Å²) in [6, 6.07) is 11.4. The van der Waals surface area contributed by atoms with E-state index >= 15 is 0 Å². The Morgan fingerprint density at radius 1 is 1.03 bits per heavy atom. The van der Waals surface area contributed by atoms with Gasteiger partial charge in [-0.15, -0.1) is 0 Å². The largest absolute Gasteiger partial charge is 0.497 e. The maximum absolute atomic E-state index is 13.3. The van der Waals surface area contributed by atoms with Crippen LogP contribution in [0.1, 0.15) is 12.8 Å². The first-order chi connectivity index (χ1) is 14.7. The highest BCUT2D eigenvalue weighted by Gasteiger charge is 2.30. The number of benzene rings is 2. The molecular weight excluding hydrogens is 442 g/mol. The van der Waals surface area contributed by atoms with Crippen LogP contribution in [0, 0.1) is 0 Å². The molecule has 1 amide bonds. The van der Waals surface area contributed by atoms with Crippen LogP contribution in [0.25, 0.3) is 0 Å². The van der Waals surface area contributed by atoms with Gasteiger partial charge in [-0.25, -0.2) is 16.8 Å². The third kappa shape index (κ3) is 4.83. The number of methoxy groups -OCH3 is 1. The number of amides is 1. The number of hydrogen-bond acceptors (Lipinski definition) is 6. The predicted molar refractivity (Wildman–Crippen MR) is 116 cm³/mol. The van der Waals surface area contributed by atoms with Gasteiger partial charge in [-0.1, -0.05) is 6.07 Å². The number of nitrogens with one attached hydrogen (secondary N) is 1. The molecule has 168 valence electrons. The number of nitrogens with zero attached hydrogens (tertiary/aromatic N) is 2. The molecule has 2 aromatic rings. The van der Waals surface area contributed by atoms with Gasteiger partial charge >= 0.3 is 0 Å². The topological polar surface area (TPSA) is 113 Å². The number of carbonyl (C=O) groups excluding carboxylic acids is 1. The lowest BCUT2D eigenvalue weighted by molar-refractivity contribution is -0.119. The summed E-state index contributed by atoms with van der Waals surface area (Å²) in [7, 11) is -4.95. The molecule has 1 aliphatic heterocycles. The molecule has 0 bridgehead atoms. The highest BCUT2D eigenvalue weighted by molar-refractivity contribution is 7.93. The van der Waals surface area contributed by atoms with Crippen LogP contribution in [-0.4, -0.2) is 60.8 Å². The lowest BCUT2D eigenvalue weighted by Crippen LogP contribution is -2.39. The number of sulfonamides is 2. The van der Waals surface area contributed by atoms with Gasteiger partial charge < -0.3 is 10.1 Å². The number of carbonyl (C=O) groups is 1. The van der Waals surface area contributed by atoms with Gasteiger partial charge in [-0.3, -0.25) is 9.10 Å². The molecule has 0 spiro atoms. The van der Waals surface area contributed by atoms with E-state index in [4.69, 9.17) is 4.74 Å². The van der Waals surface area contributed by atoms with Gasteiger partial charge in [0.2, 0.25) is 15.9 Å². The minimum Gasteiger partial charge on any atom is -0.497 e. The smallest absolute Gasteiger partial charge is 0.264 e. The maximum Gasteiger partial charge on any atom is 0.264 e. The Labute approximate surface area is 182 Å². The number of hydrogen-bond donors (Lipinski definition) is 1. The molecule has 1 aliphatic rings. The lowest BCUT2D eigenvalue weighted by Gasteiger charge is -2.24. The SMILES string of the molecule is CNC(=O)CN(c1cccc(OC)c1)S(=O)(=O)c1ccc(S(=O)(=O)N2CCCC2)cc1. The molecule has 11 heteroatoms. The molecule has 0 unspecified atom stereocenters. The number of ether oxygens (including phenoxy) is 1. The van der Waals surface area contributed by atoms with Gasteiger partial charge in [-0.05, 0) is 49.2 Å². The second kappa shape index (κ2) is 9.25. The molecule has 0 aliphatic carbocycles. The zero-order chi connectivity index (χ0) is 22.6. The van der Waals surface area contributed by atoms with Crippen molar-refractivity contribution in [1.82, 2.24) is 9.62 Å². The summed E-state index contributed by atoms with van der Waals surface area (Å²) < 4.78 is 59.6. The molecule has 1 saturated heterocycles. The average Bonchev–Trinajstić information content (AvgIpc) is 3.33. The Bertz CT molecular complexity index is 1140. The van der Waals surface area contributed by atoms with Gasteiger partial charge in [0.25, 0.3) is 10.0 Å². The van der Waals surface area contributed by atoms with Crippen molar-refractivity contribution in [1.29, 1.82) is 0 Å². The van der Waals surface area contributed by atoms with Crippen molar-refractivity contribution in [3.63, 3.8) is 0 Å². The predicted octanol–water partition coefficient (Wildman–Crippen LogP) is 1.42. The van der Waals surface area contributed by atoms with Crippen LogP contribution in [0.2, 0.25) is 0 Å². The molecule has 1 heterocycles. The molecule has 1 N–H and O–H groups in total. The van der Waals surface area contributed by atoms with Gasteiger partial charge in [0.05, 0.1) is 22.6 Å². The fourth-order valence-corrected chi connectivity index (χ4v) is 6.21. The van der Waals surface area contributed by atoms with Crippen molar-refractivity contribution in [3.8, 4) is 5.75 Å². The molecule has 0 radical (unpaired) electrons. The Balaban J connectivity index is 1.98. The molecule has 2 aromatic carbocycles. The molecule has 31 heavy (non-hydrogen) atoms. The van der Waals surface area contributed by atoms with Crippen molar-refractivity contribution < 1.29 is 26.4 Å². The van der Waals surface area contributed by atoms with E-state index in [1.54, 1.807) is 18.2 Å². The third-order valence-corrected chi connectivity index (χ3v) is 8.72. The fraction of sp³-hybridized carbons (Fsp3) is 0.350. The Hall–Kier alpha value is -2.63. The molecular formula is C20H25N3O6S2. The number of anilines is 1. The lowest BCUT2D eigenvalue weighted by atomic mass is 10.3. The Morgan fingerprint density at radius 2 is 1.65 bits per heavy atom.